The number of hydrogen-bond donors (Lipinski definition) is 1. The molecule has 0 heterocycles. The molecule has 4 heteroatoms. The summed E-state index contributed by atoms with van der Waals surface area (Å²) < 4.78 is 37.3. The molecule has 1 atom stereocenters. The third kappa shape index (κ3) is 3.84. The lowest BCUT2D eigenvalue weighted by Crippen LogP contribution is -2.18. The largest absolute Gasteiger partial charge is 0.416 e. The first kappa shape index (κ1) is 14.6. The quantitative estimate of drug-likeness (QED) is 0.865. The normalized spacial score (nSPS) is 13.2. The van der Waals surface area contributed by atoms with Gasteiger partial charge >= 0.3 is 6.18 Å². The highest BCUT2D eigenvalue weighted by molar-refractivity contribution is 5.25. The minimum Gasteiger partial charge on any atom is -0.306 e. The van der Waals surface area contributed by atoms with Gasteiger partial charge in [0.25, 0.3) is 0 Å². The van der Waals surface area contributed by atoms with Crippen LogP contribution in [-0.2, 0) is 12.7 Å². The number of halogens is 3. The molecule has 0 aromatic heterocycles. The zero-order valence-corrected chi connectivity index (χ0v) is 11.1. The maximum Gasteiger partial charge on any atom is 0.416 e. The molecule has 0 aliphatic rings. The fourth-order valence-electron chi connectivity index (χ4n) is 1.94. The average molecular weight is 279 g/mol. The van der Waals surface area contributed by atoms with E-state index in [4.69, 9.17) is 0 Å². The highest BCUT2D eigenvalue weighted by Gasteiger charge is 2.29. The highest BCUT2D eigenvalue weighted by Crippen LogP contribution is 2.29. The fraction of sp³-hybridized carbons (Fsp3) is 0.250. The van der Waals surface area contributed by atoms with Gasteiger partial charge < -0.3 is 5.32 Å². The van der Waals surface area contributed by atoms with Crippen molar-refractivity contribution in [3.05, 3.63) is 71.3 Å². The third-order valence-corrected chi connectivity index (χ3v) is 3.19. The first-order valence-electron chi connectivity index (χ1n) is 6.41. The van der Waals surface area contributed by atoms with Crippen molar-refractivity contribution in [2.75, 3.05) is 0 Å². The van der Waals surface area contributed by atoms with Gasteiger partial charge in [-0.25, -0.2) is 0 Å². The molecular formula is C16H16F3N. The fourth-order valence-corrected chi connectivity index (χ4v) is 1.94. The van der Waals surface area contributed by atoms with Crippen LogP contribution in [-0.4, -0.2) is 0 Å². The second kappa shape index (κ2) is 6.09. The summed E-state index contributed by atoms with van der Waals surface area (Å²) >= 11 is 0. The Balaban J connectivity index is 1.94. The van der Waals surface area contributed by atoms with Gasteiger partial charge in [-0.1, -0.05) is 42.5 Å². The molecule has 0 unspecified atom stereocenters. The van der Waals surface area contributed by atoms with Gasteiger partial charge in [-0.2, -0.15) is 13.2 Å². The van der Waals surface area contributed by atoms with Crippen LogP contribution in [0.1, 0.15) is 29.7 Å². The van der Waals surface area contributed by atoms with E-state index in [1.807, 2.05) is 37.3 Å². The van der Waals surface area contributed by atoms with Gasteiger partial charge in [0.15, 0.2) is 0 Å². The summed E-state index contributed by atoms with van der Waals surface area (Å²) in [5.41, 5.74) is 1.37. The van der Waals surface area contributed by atoms with Crippen LogP contribution in [0.15, 0.2) is 54.6 Å². The van der Waals surface area contributed by atoms with E-state index in [-0.39, 0.29) is 6.04 Å². The molecule has 0 fully saturated rings. The molecular weight excluding hydrogens is 263 g/mol. The number of rotatable bonds is 4. The topological polar surface area (TPSA) is 12.0 Å². The van der Waals surface area contributed by atoms with Crippen LogP contribution in [0.5, 0.6) is 0 Å². The molecule has 0 aliphatic heterocycles. The minimum absolute atomic E-state index is 0.151. The number of benzene rings is 2. The molecule has 0 amide bonds. The second-order valence-corrected chi connectivity index (χ2v) is 4.71. The summed E-state index contributed by atoms with van der Waals surface area (Å²) in [6.07, 6.45) is -4.27. The van der Waals surface area contributed by atoms with E-state index in [2.05, 4.69) is 5.32 Å². The lowest BCUT2D eigenvalue weighted by molar-refractivity contribution is -0.137. The van der Waals surface area contributed by atoms with Crippen molar-refractivity contribution in [1.82, 2.24) is 5.32 Å². The molecule has 1 nitrogen and oxygen atoms in total. The summed E-state index contributed by atoms with van der Waals surface area (Å²) in [7, 11) is 0. The smallest absolute Gasteiger partial charge is 0.306 e. The molecule has 0 radical (unpaired) electrons. The van der Waals surface area contributed by atoms with Crippen molar-refractivity contribution >= 4 is 0 Å². The van der Waals surface area contributed by atoms with E-state index in [1.165, 1.54) is 12.1 Å². The van der Waals surface area contributed by atoms with Gasteiger partial charge in [0.1, 0.15) is 0 Å². The van der Waals surface area contributed by atoms with Gasteiger partial charge in [-0.3, -0.25) is 0 Å². The van der Waals surface area contributed by atoms with E-state index in [0.29, 0.717) is 6.54 Å². The summed E-state index contributed by atoms with van der Waals surface area (Å²) in [5.74, 6) is 0. The van der Waals surface area contributed by atoms with E-state index < -0.39 is 11.7 Å². The number of nitrogens with one attached hydrogen (secondary N) is 1. The van der Waals surface area contributed by atoms with Gasteiger partial charge in [-0.15, -0.1) is 0 Å². The van der Waals surface area contributed by atoms with Gasteiger partial charge in [0.05, 0.1) is 5.56 Å². The van der Waals surface area contributed by atoms with Crippen molar-refractivity contribution in [2.45, 2.75) is 25.7 Å². The van der Waals surface area contributed by atoms with Crippen molar-refractivity contribution in [3.63, 3.8) is 0 Å². The number of alkyl halides is 3. The van der Waals surface area contributed by atoms with Crippen molar-refractivity contribution in [1.29, 1.82) is 0 Å². The van der Waals surface area contributed by atoms with Gasteiger partial charge in [0, 0.05) is 12.6 Å². The molecule has 0 bridgehead atoms. The minimum atomic E-state index is -4.27. The van der Waals surface area contributed by atoms with Crippen LogP contribution in [0, 0.1) is 0 Å². The zero-order chi connectivity index (χ0) is 14.6. The standard InChI is InChI=1S/C16H16F3N/c1-12(14-5-3-2-4-6-14)20-11-13-7-9-15(10-8-13)16(17,18)19/h2-10,12,20H,11H2,1H3/t12-/m0/s1. The summed E-state index contributed by atoms with van der Waals surface area (Å²) in [6, 6.07) is 15.3. The Kier molecular flexibility index (Phi) is 4.45. The molecule has 20 heavy (non-hydrogen) atoms. The monoisotopic (exact) mass is 279 g/mol. The van der Waals surface area contributed by atoms with E-state index in [9.17, 15) is 13.2 Å². The highest BCUT2D eigenvalue weighted by atomic mass is 19.4. The first-order chi connectivity index (χ1) is 9.47. The second-order valence-electron chi connectivity index (χ2n) is 4.71. The molecule has 2 rings (SSSR count). The maximum absolute atomic E-state index is 12.4. The Bertz CT molecular complexity index is 532. The van der Waals surface area contributed by atoms with E-state index >= 15 is 0 Å². The SMILES string of the molecule is C[C@H](NCc1ccc(C(F)(F)F)cc1)c1ccccc1. The van der Waals surface area contributed by atoms with Crippen molar-refractivity contribution < 1.29 is 13.2 Å². The van der Waals surface area contributed by atoms with Gasteiger partial charge in [-0.05, 0) is 30.2 Å². The number of hydrogen-bond acceptors (Lipinski definition) is 1. The molecule has 106 valence electrons. The molecule has 0 saturated carbocycles. The van der Waals surface area contributed by atoms with Crippen LogP contribution >= 0.6 is 0 Å². The third-order valence-electron chi connectivity index (χ3n) is 3.19. The average Bonchev–Trinajstić information content (AvgIpc) is 2.45. The maximum atomic E-state index is 12.4. The van der Waals surface area contributed by atoms with Crippen LogP contribution in [0.25, 0.3) is 0 Å². The molecule has 0 spiro atoms. The lowest BCUT2D eigenvalue weighted by atomic mass is 10.1. The Hall–Kier alpha value is -1.81. The molecule has 0 saturated heterocycles. The van der Waals surface area contributed by atoms with Crippen LogP contribution in [0.3, 0.4) is 0 Å². The zero-order valence-electron chi connectivity index (χ0n) is 11.1. The van der Waals surface area contributed by atoms with Crippen LogP contribution in [0.4, 0.5) is 13.2 Å². The molecule has 2 aromatic carbocycles. The van der Waals surface area contributed by atoms with Crippen molar-refractivity contribution in [2.24, 2.45) is 0 Å². The predicted molar refractivity (Wildman–Crippen MR) is 73.1 cm³/mol. The van der Waals surface area contributed by atoms with Crippen LogP contribution < -0.4 is 5.32 Å². The summed E-state index contributed by atoms with van der Waals surface area (Å²) in [5, 5.41) is 3.29. The Morgan fingerprint density at radius 3 is 2.10 bits per heavy atom. The lowest BCUT2D eigenvalue weighted by Gasteiger charge is -2.14. The molecule has 1 N–H and O–H groups in total. The van der Waals surface area contributed by atoms with Crippen LogP contribution in [0.2, 0.25) is 0 Å². The summed E-state index contributed by atoms with van der Waals surface area (Å²) in [6.45, 7) is 2.56. The Morgan fingerprint density at radius 1 is 0.950 bits per heavy atom. The Labute approximate surface area is 116 Å². The van der Waals surface area contributed by atoms with E-state index in [1.54, 1.807) is 0 Å². The van der Waals surface area contributed by atoms with Gasteiger partial charge in [0.2, 0.25) is 0 Å². The van der Waals surface area contributed by atoms with E-state index in [0.717, 1.165) is 23.3 Å². The van der Waals surface area contributed by atoms with Crippen molar-refractivity contribution in [3.8, 4) is 0 Å². The Morgan fingerprint density at radius 2 is 1.55 bits per heavy atom. The summed E-state index contributed by atoms with van der Waals surface area (Å²) in [4.78, 5) is 0. The first-order valence-corrected chi connectivity index (χ1v) is 6.41. The predicted octanol–water partition coefficient (Wildman–Crippen LogP) is 4.56. The molecule has 0 aliphatic carbocycles. The molecule has 2 aromatic rings.